The van der Waals surface area contributed by atoms with Crippen molar-refractivity contribution in [3.8, 4) is 0 Å². The summed E-state index contributed by atoms with van der Waals surface area (Å²) in [5.41, 5.74) is 3.11. The molecule has 0 N–H and O–H groups in total. The van der Waals surface area contributed by atoms with E-state index in [1.807, 2.05) is 18.4 Å². The summed E-state index contributed by atoms with van der Waals surface area (Å²) in [6.07, 6.45) is 0.533. The van der Waals surface area contributed by atoms with Crippen LogP contribution in [0, 0.1) is 18.6 Å². The SMILES string of the molecule is Cc1csc(N2N=C(c3ccc(F)cc3)C[C@H]2c2ccccc2F)n1. The number of hydrazone groups is 1. The fraction of sp³-hybridized carbons (Fsp3) is 0.158. The van der Waals surface area contributed by atoms with Crippen LogP contribution in [0.3, 0.4) is 0 Å². The van der Waals surface area contributed by atoms with Gasteiger partial charge in [-0.2, -0.15) is 5.10 Å². The van der Waals surface area contributed by atoms with E-state index >= 15 is 0 Å². The molecule has 3 nitrogen and oxygen atoms in total. The van der Waals surface area contributed by atoms with Crippen LogP contribution in [0.25, 0.3) is 0 Å². The number of aromatic nitrogens is 1. The number of hydrogen-bond donors (Lipinski definition) is 0. The molecule has 2 heterocycles. The van der Waals surface area contributed by atoms with Crippen molar-refractivity contribution in [2.75, 3.05) is 5.01 Å². The lowest BCUT2D eigenvalue weighted by molar-refractivity contribution is 0.579. The van der Waals surface area contributed by atoms with Crippen LogP contribution in [0.2, 0.25) is 0 Å². The van der Waals surface area contributed by atoms with E-state index in [2.05, 4.69) is 10.1 Å². The first-order valence-electron chi connectivity index (χ1n) is 7.91. The molecular formula is C19H15F2N3S. The van der Waals surface area contributed by atoms with E-state index in [1.54, 1.807) is 29.3 Å². The highest BCUT2D eigenvalue weighted by Crippen LogP contribution is 2.38. The van der Waals surface area contributed by atoms with Crippen LogP contribution in [0.1, 0.15) is 29.3 Å². The lowest BCUT2D eigenvalue weighted by Gasteiger charge is -2.21. The summed E-state index contributed by atoms with van der Waals surface area (Å²) >= 11 is 1.48. The average molecular weight is 355 g/mol. The third-order valence-corrected chi connectivity index (χ3v) is 5.10. The van der Waals surface area contributed by atoms with Crippen LogP contribution in [0.15, 0.2) is 59.0 Å². The van der Waals surface area contributed by atoms with Gasteiger partial charge in [0.2, 0.25) is 5.13 Å². The number of anilines is 1. The van der Waals surface area contributed by atoms with Crippen molar-refractivity contribution in [1.82, 2.24) is 4.98 Å². The first kappa shape index (κ1) is 15.9. The molecule has 25 heavy (non-hydrogen) atoms. The maximum Gasteiger partial charge on any atom is 0.206 e. The van der Waals surface area contributed by atoms with Gasteiger partial charge in [0.1, 0.15) is 11.6 Å². The minimum absolute atomic E-state index is 0.263. The quantitative estimate of drug-likeness (QED) is 0.655. The second-order valence-electron chi connectivity index (χ2n) is 5.91. The molecule has 1 atom stereocenters. The molecule has 4 rings (SSSR count). The molecule has 0 aliphatic carbocycles. The van der Waals surface area contributed by atoms with Crippen LogP contribution in [-0.4, -0.2) is 10.7 Å². The molecule has 1 aromatic heterocycles. The smallest absolute Gasteiger partial charge is 0.206 e. The molecule has 0 bridgehead atoms. The van der Waals surface area contributed by atoms with Gasteiger partial charge in [-0.15, -0.1) is 11.3 Å². The van der Waals surface area contributed by atoms with Gasteiger partial charge in [-0.1, -0.05) is 30.3 Å². The van der Waals surface area contributed by atoms with Crippen LogP contribution in [0.5, 0.6) is 0 Å². The van der Waals surface area contributed by atoms with Crippen molar-refractivity contribution >= 4 is 22.2 Å². The largest absolute Gasteiger partial charge is 0.231 e. The van der Waals surface area contributed by atoms with Crippen LogP contribution in [0.4, 0.5) is 13.9 Å². The summed E-state index contributed by atoms with van der Waals surface area (Å²) in [5.74, 6) is -0.554. The lowest BCUT2D eigenvalue weighted by atomic mass is 9.98. The molecule has 0 saturated carbocycles. The third kappa shape index (κ3) is 3.05. The summed E-state index contributed by atoms with van der Waals surface area (Å²) in [7, 11) is 0. The number of aryl methyl sites for hydroxylation is 1. The lowest BCUT2D eigenvalue weighted by Crippen LogP contribution is -2.19. The van der Waals surface area contributed by atoms with Gasteiger partial charge in [-0.05, 0) is 30.7 Å². The normalized spacial score (nSPS) is 17.0. The summed E-state index contributed by atoms with van der Waals surface area (Å²) in [4.78, 5) is 4.50. The van der Waals surface area contributed by atoms with Gasteiger partial charge in [0, 0.05) is 17.4 Å². The fourth-order valence-electron chi connectivity index (χ4n) is 2.94. The molecule has 1 aliphatic rings. The number of thiazole rings is 1. The van der Waals surface area contributed by atoms with Gasteiger partial charge in [-0.25, -0.2) is 18.8 Å². The highest BCUT2D eigenvalue weighted by atomic mass is 32.1. The van der Waals surface area contributed by atoms with E-state index in [1.165, 1.54) is 29.5 Å². The number of rotatable bonds is 3. The topological polar surface area (TPSA) is 28.5 Å². The van der Waals surface area contributed by atoms with Crippen LogP contribution in [-0.2, 0) is 0 Å². The first-order valence-corrected chi connectivity index (χ1v) is 8.79. The fourth-order valence-corrected chi connectivity index (χ4v) is 3.74. The first-order chi connectivity index (χ1) is 12.1. The van der Waals surface area contributed by atoms with Gasteiger partial charge >= 0.3 is 0 Å². The molecule has 0 fully saturated rings. The molecule has 0 radical (unpaired) electrons. The standard InChI is InChI=1S/C19H15F2N3S/c1-12-11-25-19(22-12)24-18(15-4-2-3-5-16(15)21)10-17(23-24)13-6-8-14(20)9-7-13/h2-9,11,18H,10H2,1H3/t18-/m0/s1. The Morgan fingerprint density at radius 1 is 1.08 bits per heavy atom. The molecule has 0 amide bonds. The Morgan fingerprint density at radius 2 is 1.84 bits per heavy atom. The molecule has 0 spiro atoms. The molecule has 126 valence electrons. The number of hydrogen-bond acceptors (Lipinski definition) is 4. The highest BCUT2D eigenvalue weighted by molar-refractivity contribution is 7.13. The predicted octanol–water partition coefficient (Wildman–Crippen LogP) is 5.09. The summed E-state index contributed by atoms with van der Waals surface area (Å²) < 4.78 is 27.6. The predicted molar refractivity (Wildman–Crippen MR) is 96.0 cm³/mol. The Labute approximate surface area is 148 Å². The zero-order valence-corrected chi connectivity index (χ0v) is 14.3. The summed E-state index contributed by atoms with van der Waals surface area (Å²) in [6, 6.07) is 12.7. The van der Waals surface area contributed by atoms with Crippen LogP contribution >= 0.6 is 11.3 Å². The van der Waals surface area contributed by atoms with E-state index in [-0.39, 0.29) is 17.7 Å². The third-order valence-electron chi connectivity index (χ3n) is 4.15. The molecule has 6 heteroatoms. The second-order valence-corrected chi connectivity index (χ2v) is 6.75. The van der Waals surface area contributed by atoms with Crippen molar-refractivity contribution in [1.29, 1.82) is 0 Å². The summed E-state index contributed by atoms with van der Waals surface area (Å²) in [6.45, 7) is 1.92. The Morgan fingerprint density at radius 3 is 2.52 bits per heavy atom. The van der Waals surface area contributed by atoms with Gasteiger partial charge in [0.25, 0.3) is 0 Å². The van der Waals surface area contributed by atoms with E-state index < -0.39 is 0 Å². The van der Waals surface area contributed by atoms with E-state index in [0.717, 1.165) is 22.1 Å². The molecule has 0 unspecified atom stereocenters. The molecular weight excluding hydrogens is 340 g/mol. The van der Waals surface area contributed by atoms with Gasteiger partial charge in [0.15, 0.2) is 0 Å². The Hall–Kier alpha value is -2.60. The Balaban J connectivity index is 1.76. The van der Waals surface area contributed by atoms with Crippen molar-refractivity contribution in [2.45, 2.75) is 19.4 Å². The number of halogens is 2. The Bertz CT molecular complexity index is 934. The zero-order chi connectivity index (χ0) is 17.4. The molecule has 3 aromatic rings. The van der Waals surface area contributed by atoms with Gasteiger partial charge < -0.3 is 0 Å². The van der Waals surface area contributed by atoms with E-state index in [9.17, 15) is 8.78 Å². The molecule has 0 saturated heterocycles. The van der Waals surface area contributed by atoms with E-state index in [4.69, 9.17) is 0 Å². The minimum atomic E-state index is -0.291. The highest BCUT2D eigenvalue weighted by Gasteiger charge is 2.33. The summed E-state index contributed by atoms with van der Waals surface area (Å²) in [5, 5.41) is 9.12. The van der Waals surface area contributed by atoms with Crippen molar-refractivity contribution in [3.05, 3.63) is 82.4 Å². The van der Waals surface area contributed by atoms with E-state index in [0.29, 0.717) is 12.0 Å². The van der Waals surface area contributed by atoms with Gasteiger partial charge in [0.05, 0.1) is 17.4 Å². The van der Waals surface area contributed by atoms with Crippen molar-refractivity contribution < 1.29 is 8.78 Å². The van der Waals surface area contributed by atoms with Crippen molar-refractivity contribution in [3.63, 3.8) is 0 Å². The average Bonchev–Trinajstić information content (AvgIpc) is 3.22. The van der Waals surface area contributed by atoms with Gasteiger partial charge in [-0.3, -0.25) is 0 Å². The Kier molecular flexibility index (Phi) is 4.05. The zero-order valence-electron chi connectivity index (χ0n) is 13.5. The molecule has 1 aliphatic heterocycles. The van der Waals surface area contributed by atoms with Crippen molar-refractivity contribution in [2.24, 2.45) is 5.10 Å². The second kappa shape index (κ2) is 6.37. The number of nitrogens with zero attached hydrogens (tertiary/aromatic N) is 3. The monoisotopic (exact) mass is 355 g/mol. The van der Waals surface area contributed by atoms with Crippen LogP contribution < -0.4 is 5.01 Å². The maximum atomic E-state index is 14.4. The molecule has 2 aromatic carbocycles. The minimum Gasteiger partial charge on any atom is -0.231 e. The number of benzene rings is 2. The maximum absolute atomic E-state index is 14.4.